The van der Waals surface area contributed by atoms with Crippen LogP contribution in [0.25, 0.3) is 55.3 Å². The van der Waals surface area contributed by atoms with Gasteiger partial charge in [-0.3, -0.25) is 0 Å². The molecule has 0 fully saturated rings. The third-order valence-electron chi connectivity index (χ3n) is 13.4. The molecule has 10 aromatic rings. The molecule has 1 N–H and O–H groups in total. The zero-order valence-corrected chi connectivity index (χ0v) is 35.6. The van der Waals surface area contributed by atoms with E-state index >= 15 is 0 Å². The third-order valence-corrected chi connectivity index (χ3v) is 13.4. The summed E-state index contributed by atoms with van der Waals surface area (Å²) in [5.74, 6) is 1.55. The van der Waals surface area contributed by atoms with Crippen molar-refractivity contribution in [2.45, 2.75) is 25.4 Å². The largest absolute Gasteiger partial charge is 0.455 e. The average Bonchev–Trinajstić information content (AvgIpc) is 3.89. The predicted molar refractivity (Wildman–Crippen MR) is 263 cm³/mol. The molecule has 1 unspecified atom stereocenters. The molecule has 12 rings (SSSR count). The van der Waals surface area contributed by atoms with Crippen LogP contribution in [-0.4, -0.2) is 11.7 Å². The Hall–Kier alpha value is -8.08. The number of benzene rings is 9. The van der Waals surface area contributed by atoms with Crippen LogP contribution in [0.3, 0.4) is 0 Å². The molecule has 0 spiro atoms. The van der Waals surface area contributed by atoms with Gasteiger partial charge in [-0.15, -0.1) is 0 Å². The predicted octanol–water partition coefficient (Wildman–Crippen LogP) is 14.4. The Labute approximate surface area is 373 Å². The van der Waals surface area contributed by atoms with E-state index < -0.39 is 11.6 Å². The van der Waals surface area contributed by atoms with Gasteiger partial charge < -0.3 is 9.73 Å². The second-order valence-corrected chi connectivity index (χ2v) is 16.9. The molecule has 2 heterocycles. The highest BCUT2D eigenvalue weighted by molar-refractivity contribution is 6.16. The summed E-state index contributed by atoms with van der Waals surface area (Å²) in [5.41, 5.74) is 18.9. The number of furan rings is 1. The number of hydrogen-bond donors (Lipinski definition) is 1. The maximum absolute atomic E-state index is 6.42. The molecular formula is C60H43N3O. The third kappa shape index (κ3) is 5.83. The summed E-state index contributed by atoms with van der Waals surface area (Å²) in [7, 11) is 0. The Bertz CT molecular complexity index is 3460. The van der Waals surface area contributed by atoms with Crippen LogP contribution in [0.5, 0.6) is 0 Å². The molecule has 0 saturated heterocycles. The molecule has 1 aliphatic heterocycles. The molecule has 2 aliphatic rings. The maximum atomic E-state index is 6.42. The summed E-state index contributed by atoms with van der Waals surface area (Å²) in [5, 5.41) is 5.88. The molecule has 1 atom stereocenters. The van der Waals surface area contributed by atoms with Crippen LogP contribution < -0.4 is 5.32 Å². The van der Waals surface area contributed by atoms with E-state index in [9.17, 15) is 0 Å². The number of aliphatic imine (C=N–C) groups is 2. The number of aryl methyl sites for hydroxylation is 1. The minimum Gasteiger partial charge on any atom is -0.455 e. The lowest BCUT2D eigenvalue weighted by molar-refractivity contribution is 0.670. The van der Waals surface area contributed by atoms with Gasteiger partial charge in [-0.05, 0) is 81.1 Å². The second kappa shape index (κ2) is 15.1. The first-order valence-electron chi connectivity index (χ1n) is 22.0. The number of fused-ring (bicyclic) bond motifs is 6. The highest BCUT2D eigenvalue weighted by atomic mass is 16.3. The fourth-order valence-electron chi connectivity index (χ4n) is 10.5. The Morgan fingerprint density at radius 3 is 1.66 bits per heavy atom. The first kappa shape index (κ1) is 37.7. The quantitative estimate of drug-likeness (QED) is 0.174. The van der Waals surface area contributed by atoms with Crippen molar-refractivity contribution < 1.29 is 4.42 Å². The minimum atomic E-state index is -0.519. The summed E-state index contributed by atoms with van der Waals surface area (Å²) >= 11 is 0. The molecule has 1 aliphatic carbocycles. The van der Waals surface area contributed by atoms with Crippen molar-refractivity contribution in [1.29, 1.82) is 0 Å². The molecule has 0 radical (unpaired) electrons. The van der Waals surface area contributed by atoms with E-state index in [2.05, 4.69) is 213 Å². The lowest BCUT2D eigenvalue weighted by Gasteiger charge is -2.37. The van der Waals surface area contributed by atoms with Crippen LogP contribution in [0.15, 0.2) is 227 Å². The average molecular weight is 822 g/mol. The summed E-state index contributed by atoms with van der Waals surface area (Å²) in [6.07, 6.45) is -0.507. The van der Waals surface area contributed by atoms with Crippen molar-refractivity contribution in [2.75, 3.05) is 0 Å². The minimum absolute atomic E-state index is 0.507. The monoisotopic (exact) mass is 821 g/mol. The van der Waals surface area contributed by atoms with Gasteiger partial charge in [0.05, 0.1) is 5.41 Å². The van der Waals surface area contributed by atoms with Crippen LogP contribution in [-0.2, 0) is 5.41 Å². The zero-order valence-electron chi connectivity index (χ0n) is 35.6. The Morgan fingerprint density at radius 2 is 0.922 bits per heavy atom. The van der Waals surface area contributed by atoms with Gasteiger partial charge in [0.1, 0.15) is 22.8 Å². The Kier molecular flexibility index (Phi) is 8.87. The maximum Gasteiger partial charge on any atom is 0.170 e. The number of hydrogen-bond acceptors (Lipinski definition) is 4. The van der Waals surface area contributed by atoms with Crippen LogP contribution >= 0.6 is 0 Å². The van der Waals surface area contributed by atoms with Crippen molar-refractivity contribution in [3.63, 3.8) is 0 Å². The molecule has 9 aromatic carbocycles. The van der Waals surface area contributed by atoms with Gasteiger partial charge in [0, 0.05) is 33.0 Å². The van der Waals surface area contributed by atoms with E-state index in [-0.39, 0.29) is 0 Å². The zero-order chi connectivity index (χ0) is 42.8. The lowest BCUT2D eigenvalue weighted by atomic mass is 9.65. The summed E-state index contributed by atoms with van der Waals surface area (Å²) in [6, 6.07) is 76.0. The topological polar surface area (TPSA) is 49.9 Å². The fourth-order valence-corrected chi connectivity index (χ4v) is 10.5. The first-order chi connectivity index (χ1) is 31.6. The van der Waals surface area contributed by atoms with Crippen LogP contribution in [0.4, 0.5) is 0 Å². The molecule has 4 heteroatoms. The highest BCUT2D eigenvalue weighted by Gasteiger charge is 2.47. The van der Waals surface area contributed by atoms with E-state index in [0.717, 1.165) is 67.0 Å². The van der Waals surface area contributed by atoms with Gasteiger partial charge in [-0.2, -0.15) is 0 Å². The molecule has 4 nitrogen and oxygen atoms in total. The molecule has 0 bridgehead atoms. The molecular weight excluding hydrogens is 779 g/mol. The van der Waals surface area contributed by atoms with Gasteiger partial charge in [-0.25, -0.2) is 9.98 Å². The van der Waals surface area contributed by atoms with Crippen molar-refractivity contribution in [3.05, 3.63) is 262 Å². The molecule has 1 aromatic heterocycles. The van der Waals surface area contributed by atoms with Crippen LogP contribution in [0.2, 0.25) is 0 Å². The summed E-state index contributed by atoms with van der Waals surface area (Å²) in [6.45, 7) is 4.55. The van der Waals surface area contributed by atoms with Gasteiger partial charge in [-0.1, -0.05) is 206 Å². The van der Waals surface area contributed by atoms with Crippen molar-refractivity contribution >= 4 is 33.6 Å². The van der Waals surface area contributed by atoms with Gasteiger partial charge >= 0.3 is 0 Å². The number of para-hydroxylation sites is 2. The van der Waals surface area contributed by atoms with Gasteiger partial charge in [0.2, 0.25) is 0 Å². The van der Waals surface area contributed by atoms with Crippen molar-refractivity contribution in [3.8, 4) is 33.4 Å². The number of nitrogens with one attached hydrogen (secondary N) is 1. The molecule has 0 amide bonds. The molecule has 304 valence electrons. The second-order valence-electron chi connectivity index (χ2n) is 16.9. The van der Waals surface area contributed by atoms with Crippen LogP contribution in [0, 0.1) is 13.8 Å². The highest BCUT2D eigenvalue weighted by Crippen LogP contribution is 2.58. The first-order valence-corrected chi connectivity index (χ1v) is 22.0. The summed E-state index contributed by atoms with van der Waals surface area (Å²) < 4.78 is 6.42. The standard InChI is InChI=1S/C60H43N3O/c1-38-18-6-12-29-51(38)60(53-30-13-9-22-46(53)47-23-10-14-31-54(47)60)52-32-17-26-43(39(52)2)45-21-7-8-25-50(45)59-62-57(41-19-4-3-5-20-41)61-58(63-59)42-36-34-40(35-37-42)44-27-16-28-49-48-24-11-15-33-55(48)64-56(44)49/h3-37,59H,1-2H3,(H,61,62,63). The van der Waals surface area contributed by atoms with Gasteiger partial charge in [0.25, 0.3) is 0 Å². The number of nitrogens with zero attached hydrogens (tertiary/aromatic N) is 2. The fraction of sp³-hybridized carbons (Fsp3) is 0.0667. The number of rotatable bonds is 7. The normalized spacial score (nSPS) is 15.0. The van der Waals surface area contributed by atoms with E-state index in [1.807, 2.05) is 18.2 Å². The van der Waals surface area contributed by atoms with E-state index in [1.165, 1.54) is 50.1 Å². The van der Waals surface area contributed by atoms with Crippen molar-refractivity contribution in [2.24, 2.45) is 9.98 Å². The van der Waals surface area contributed by atoms with E-state index in [0.29, 0.717) is 0 Å². The van der Waals surface area contributed by atoms with Gasteiger partial charge in [0.15, 0.2) is 6.17 Å². The summed E-state index contributed by atoms with van der Waals surface area (Å²) in [4.78, 5) is 10.8. The van der Waals surface area contributed by atoms with Crippen molar-refractivity contribution in [1.82, 2.24) is 5.32 Å². The van der Waals surface area contributed by atoms with E-state index in [1.54, 1.807) is 0 Å². The van der Waals surface area contributed by atoms with Crippen LogP contribution in [0.1, 0.15) is 56.2 Å². The molecule has 64 heavy (non-hydrogen) atoms. The van der Waals surface area contributed by atoms with E-state index in [4.69, 9.17) is 14.4 Å². The smallest absolute Gasteiger partial charge is 0.170 e. The number of amidine groups is 2. The Morgan fingerprint density at radius 1 is 0.406 bits per heavy atom. The Balaban J connectivity index is 0.997. The SMILES string of the molecule is Cc1ccccc1C1(c2cccc(-c3ccccc3C3N=C(c4ccccc4)NC(c4ccc(-c5cccc6c5oc5ccccc56)cc4)=N3)c2C)c2ccccc2-c2ccccc21. The molecule has 0 saturated carbocycles. The lowest BCUT2D eigenvalue weighted by Crippen LogP contribution is -2.36.